The summed E-state index contributed by atoms with van der Waals surface area (Å²) < 4.78 is 0. The lowest BCUT2D eigenvalue weighted by molar-refractivity contribution is 0.112. The maximum Gasteiger partial charge on any atom is 0.150 e. The number of nitrogens with one attached hydrogen (secondary N) is 1. The monoisotopic (exact) mass is 261 g/mol. The minimum Gasteiger partial charge on any atom is -0.329 e. The highest BCUT2D eigenvalue weighted by molar-refractivity contribution is 5.84. The van der Waals surface area contributed by atoms with Crippen molar-refractivity contribution < 1.29 is 4.79 Å². The molecule has 1 rings (SSSR count). The lowest BCUT2D eigenvalue weighted by Crippen LogP contribution is -2.27. The quantitative estimate of drug-likeness (QED) is 0.510. The molecule has 0 saturated carbocycles. The molecule has 1 aromatic rings. The third kappa shape index (κ3) is 6.67. The van der Waals surface area contributed by atoms with Crippen molar-refractivity contribution in [2.75, 3.05) is 26.2 Å². The first kappa shape index (κ1) is 17.2. The van der Waals surface area contributed by atoms with Gasteiger partial charge in [0.25, 0.3) is 0 Å². The molecule has 0 bridgehead atoms. The number of aldehydes is 1. The van der Waals surface area contributed by atoms with Crippen LogP contribution in [-0.4, -0.2) is 32.5 Å². The third-order valence-electron chi connectivity index (χ3n) is 2.37. The molecule has 0 aliphatic heterocycles. The molecule has 0 unspecified atom stereocenters. The van der Waals surface area contributed by atoms with Gasteiger partial charge in [0, 0.05) is 31.7 Å². The fourth-order valence-electron chi connectivity index (χ4n) is 1.45. The average molecular weight is 261 g/mol. The Kier molecular flexibility index (Phi) is 10.3. The van der Waals surface area contributed by atoms with Gasteiger partial charge in [0.15, 0.2) is 6.29 Å². The van der Waals surface area contributed by atoms with E-state index in [0.29, 0.717) is 18.7 Å². The van der Waals surface area contributed by atoms with Crippen LogP contribution in [0.4, 0.5) is 0 Å². The lowest BCUT2D eigenvalue weighted by Gasteiger charge is -2.02. The molecule has 0 amide bonds. The molecule has 0 aromatic heterocycles. The van der Waals surface area contributed by atoms with Gasteiger partial charge in [-0.3, -0.25) is 4.79 Å². The first-order chi connectivity index (χ1) is 9.24. The van der Waals surface area contributed by atoms with Crippen LogP contribution < -0.4 is 16.8 Å². The highest BCUT2D eigenvalue weighted by Crippen LogP contribution is 2.15. The summed E-state index contributed by atoms with van der Waals surface area (Å²) in [6.07, 6.45) is 4.20. The summed E-state index contributed by atoms with van der Waals surface area (Å²) in [7, 11) is 0. The fraction of sp³-hybridized carbons (Fsp3) is 0.267. The van der Waals surface area contributed by atoms with Crippen LogP contribution in [0, 0.1) is 0 Å². The van der Waals surface area contributed by atoms with E-state index in [0.717, 1.165) is 30.5 Å². The molecule has 0 aliphatic rings. The smallest absolute Gasteiger partial charge is 0.150 e. The van der Waals surface area contributed by atoms with E-state index in [4.69, 9.17) is 11.5 Å². The van der Waals surface area contributed by atoms with E-state index in [9.17, 15) is 4.79 Å². The van der Waals surface area contributed by atoms with Crippen LogP contribution in [0.25, 0.3) is 12.2 Å². The maximum atomic E-state index is 10.6. The van der Waals surface area contributed by atoms with Gasteiger partial charge in [-0.15, -0.1) is 0 Å². The fourth-order valence-corrected chi connectivity index (χ4v) is 1.45. The maximum absolute atomic E-state index is 10.6. The van der Waals surface area contributed by atoms with Crippen LogP contribution in [0.1, 0.15) is 21.5 Å². The van der Waals surface area contributed by atoms with Crippen LogP contribution in [-0.2, 0) is 0 Å². The lowest BCUT2D eigenvalue weighted by atomic mass is 10.0. The van der Waals surface area contributed by atoms with Gasteiger partial charge in [-0.05, 0) is 11.1 Å². The van der Waals surface area contributed by atoms with Gasteiger partial charge in [0.2, 0.25) is 0 Å². The molecule has 0 atom stereocenters. The second-order valence-electron chi connectivity index (χ2n) is 3.70. The molecule has 4 nitrogen and oxygen atoms in total. The van der Waals surface area contributed by atoms with E-state index < -0.39 is 0 Å². The first-order valence-electron chi connectivity index (χ1n) is 6.19. The van der Waals surface area contributed by atoms with E-state index >= 15 is 0 Å². The molecule has 4 heteroatoms. The Morgan fingerprint density at radius 3 is 2.05 bits per heavy atom. The molecule has 1 aromatic carbocycles. The van der Waals surface area contributed by atoms with Crippen molar-refractivity contribution in [1.29, 1.82) is 0 Å². The summed E-state index contributed by atoms with van der Waals surface area (Å²) in [6, 6.07) is 5.49. The summed E-state index contributed by atoms with van der Waals surface area (Å²) in [4.78, 5) is 10.6. The highest BCUT2D eigenvalue weighted by atomic mass is 16.1. The molecule has 0 spiro atoms. The molecule has 0 radical (unpaired) electrons. The molecule has 104 valence electrons. The Morgan fingerprint density at radius 2 is 1.63 bits per heavy atom. The Balaban J connectivity index is 0.000000399. The van der Waals surface area contributed by atoms with Crippen molar-refractivity contribution in [3.05, 3.63) is 48.0 Å². The third-order valence-corrected chi connectivity index (χ3v) is 2.37. The molecule has 0 saturated heterocycles. The standard InChI is InChI=1S/C11H10O.C4H13N3/c1-3-9-6-5-7-10(8-12)11(9)4-2;5-1-3-7-4-2-6/h3-8H,1-2H2;7H,1-6H2. The number of nitrogens with two attached hydrogens (primary N) is 2. The van der Waals surface area contributed by atoms with Crippen molar-refractivity contribution in [2.24, 2.45) is 11.5 Å². The number of carbonyl (C=O) groups is 1. The van der Waals surface area contributed by atoms with E-state index in [1.807, 2.05) is 12.1 Å². The average Bonchev–Trinajstić information content (AvgIpc) is 2.47. The number of hydrogen-bond donors (Lipinski definition) is 3. The van der Waals surface area contributed by atoms with E-state index in [-0.39, 0.29) is 0 Å². The van der Waals surface area contributed by atoms with Gasteiger partial charge in [-0.1, -0.05) is 43.5 Å². The van der Waals surface area contributed by atoms with Gasteiger partial charge in [0.1, 0.15) is 0 Å². The Hall–Kier alpha value is -1.75. The number of rotatable bonds is 7. The molecular weight excluding hydrogens is 238 g/mol. The van der Waals surface area contributed by atoms with Crippen LogP contribution in [0.5, 0.6) is 0 Å². The normalized spacial score (nSPS) is 9.16. The summed E-state index contributed by atoms with van der Waals surface area (Å²) in [6.45, 7) is 10.4. The van der Waals surface area contributed by atoms with Crippen LogP contribution in [0.3, 0.4) is 0 Å². The zero-order chi connectivity index (χ0) is 14.5. The minimum absolute atomic E-state index is 0.655. The summed E-state index contributed by atoms with van der Waals surface area (Å²) in [5.74, 6) is 0. The second-order valence-corrected chi connectivity index (χ2v) is 3.70. The molecular formula is C15H23N3O. The number of benzene rings is 1. The van der Waals surface area contributed by atoms with Crippen molar-refractivity contribution in [3.8, 4) is 0 Å². The summed E-state index contributed by atoms with van der Waals surface area (Å²) >= 11 is 0. The van der Waals surface area contributed by atoms with E-state index in [1.54, 1.807) is 18.2 Å². The molecule has 0 fully saturated rings. The van der Waals surface area contributed by atoms with Crippen molar-refractivity contribution >= 4 is 18.4 Å². The molecule has 0 aliphatic carbocycles. The molecule has 5 N–H and O–H groups in total. The van der Waals surface area contributed by atoms with Crippen LogP contribution >= 0.6 is 0 Å². The largest absolute Gasteiger partial charge is 0.329 e. The molecule has 19 heavy (non-hydrogen) atoms. The van der Waals surface area contributed by atoms with Gasteiger partial charge in [-0.25, -0.2) is 0 Å². The summed E-state index contributed by atoms with van der Waals surface area (Å²) in [5.41, 5.74) is 12.8. The Morgan fingerprint density at radius 1 is 1.05 bits per heavy atom. The van der Waals surface area contributed by atoms with E-state index in [1.165, 1.54) is 0 Å². The van der Waals surface area contributed by atoms with Crippen LogP contribution in [0.2, 0.25) is 0 Å². The predicted molar refractivity (Wildman–Crippen MR) is 83.0 cm³/mol. The summed E-state index contributed by atoms with van der Waals surface area (Å²) in [5, 5.41) is 3.03. The number of hydrogen-bond acceptors (Lipinski definition) is 4. The SMILES string of the molecule is C=Cc1cccc(C=O)c1C=C.NCCNCCN. The highest BCUT2D eigenvalue weighted by Gasteiger charge is 2.00. The van der Waals surface area contributed by atoms with Gasteiger partial charge < -0.3 is 16.8 Å². The van der Waals surface area contributed by atoms with Crippen molar-refractivity contribution in [3.63, 3.8) is 0 Å². The van der Waals surface area contributed by atoms with Gasteiger partial charge >= 0.3 is 0 Å². The van der Waals surface area contributed by atoms with E-state index in [2.05, 4.69) is 18.5 Å². The van der Waals surface area contributed by atoms with Gasteiger partial charge in [-0.2, -0.15) is 0 Å². The first-order valence-corrected chi connectivity index (χ1v) is 6.19. The predicted octanol–water partition coefficient (Wildman–Crippen LogP) is 1.28. The van der Waals surface area contributed by atoms with Gasteiger partial charge in [0.05, 0.1) is 0 Å². The molecule has 0 heterocycles. The van der Waals surface area contributed by atoms with Crippen molar-refractivity contribution in [1.82, 2.24) is 5.32 Å². The topological polar surface area (TPSA) is 81.1 Å². The Labute approximate surface area is 115 Å². The minimum atomic E-state index is 0.655. The Bertz CT molecular complexity index is 372. The second kappa shape index (κ2) is 11.3. The zero-order valence-corrected chi connectivity index (χ0v) is 11.3. The zero-order valence-electron chi connectivity index (χ0n) is 11.3. The number of carbonyl (C=O) groups excluding carboxylic acids is 1. The van der Waals surface area contributed by atoms with Crippen LogP contribution in [0.15, 0.2) is 31.4 Å². The van der Waals surface area contributed by atoms with Crippen molar-refractivity contribution in [2.45, 2.75) is 0 Å².